The topological polar surface area (TPSA) is 77.2 Å². The van der Waals surface area contributed by atoms with E-state index in [1.807, 2.05) is 86.6 Å². The summed E-state index contributed by atoms with van der Waals surface area (Å²) in [6.07, 6.45) is 0. The summed E-state index contributed by atoms with van der Waals surface area (Å²) in [7, 11) is 0. The maximum atomic E-state index is 13.4. The Morgan fingerprint density at radius 2 is 1.76 bits per heavy atom. The molecule has 1 atom stereocenters. The van der Waals surface area contributed by atoms with Gasteiger partial charge in [-0.15, -0.1) is 10.2 Å². The molecule has 0 bridgehead atoms. The lowest BCUT2D eigenvalue weighted by atomic mass is 10.1. The maximum absolute atomic E-state index is 13.4. The molecule has 33 heavy (non-hydrogen) atoms. The number of aromatic nitrogens is 2. The number of ether oxygens (including phenoxy) is 1. The molecule has 0 saturated carbocycles. The molecule has 1 amide bonds. The molecule has 4 rings (SSSR count). The molecule has 1 heterocycles. The van der Waals surface area contributed by atoms with Crippen molar-refractivity contribution in [1.29, 1.82) is 0 Å². The Kier molecular flexibility index (Phi) is 7.10. The molecule has 0 aliphatic heterocycles. The third kappa shape index (κ3) is 5.43. The smallest absolute Gasteiger partial charge is 0.277 e. The quantitative estimate of drug-likeness (QED) is 0.315. The van der Waals surface area contributed by atoms with Gasteiger partial charge in [-0.2, -0.15) is 0 Å². The van der Waals surface area contributed by atoms with Crippen molar-refractivity contribution in [2.24, 2.45) is 0 Å². The molecule has 0 aliphatic rings. The zero-order valence-electron chi connectivity index (χ0n) is 18.7. The number of hydrogen-bond donors (Lipinski definition) is 1. The average Bonchev–Trinajstić information content (AvgIpc) is 3.30. The number of aryl methyl sites for hydroxylation is 2. The number of anilines is 1. The van der Waals surface area contributed by atoms with Crippen molar-refractivity contribution in [3.8, 4) is 17.2 Å². The van der Waals surface area contributed by atoms with Gasteiger partial charge in [0, 0.05) is 5.56 Å². The molecule has 7 heteroatoms. The van der Waals surface area contributed by atoms with E-state index in [0.29, 0.717) is 29.2 Å². The first-order valence-corrected chi connectivity index (χ1v) is 11.6. The lowest BCUT2D eigenvalue weighted by Crippen LogP contribution is -2.19. The molecule has 0 radical (unpaired) electrons. The highest BCUT2D eigenvalue weighted by Gasteiger charge is 2.26. The Labute approximate surface area is 197 Å². The van der Waals surface area contributed by atoms with Crippen LogP contribution in [0.5, 0.6) is 5.75 Å². The van der Waals surface area contributed by atoms with Crippen molar-refractivity contribution in [3.05, 3.63) is 89.5 Å². The van der Waals surface area contributed by atoms with E-state index >= 15 is 0 Å². The molecule has 0 spiro atoms. The van der Waals surface area contributed by atoms with Crippen LogP contribution in [0.3, 0.4) is 0 Å². The van der Waals surface area contributed by atoms with E-state index in [9.17, 15) is 4.79 Å². The summed E-state index contributed by atoms with van der Waals surface area (Å²) < 4.78 is 11.6. The number of carbonyl (C=O) groups excluding carboxylic acids is 1. The Bertz CT molecular complexity index is 1240. The molecule has 0 unspecified atom stereocenters. The summed E-state index contributed by atoms with van der Waals surface area (Å²) in [5.74, 6) is 0.846. The Morgan fingerprint density at radius 3 is 2.52 bits per heavy atom. The molecule has 0 saturated heterocycles. The third-order valence-corrected chi connectivity index (χ3v) is 6.25. The Hall–Kier alpha value is -3.58. The van der Waals surface area contributed by atoms with Crippen LogP contribution in [0.15, 0.2) is 82.4 Å². The highest BCUT2D eigenvalue weighted by Crippen LogP contribution is 2.37. The lowest BCUT2D eigenvalue weighted by Gasteiger charge is -2.17. The molecule has 0 fully saturated rings. The van der Waals surface area contributed by atoms with Crippen molar-refractivity contribution < 1.29 is 13.9 Å². The van der Waals surface area contributed by atoms with Crippen molar-refractivity contribution in [3.63, 3.8) is 0 Å². The molecule has 6 nitrogen and oxygen atoms in total. The second-order valence-corrected chi connectivity index (χ2v) is 8.56. The van der Waals surface area contributed by atoms with Crippen LogP contribution in [0.4, 0.5) is 5.69 Å². The van der Waals surface area contributed by atoms with Crippen molar-refractivity contribution in [1.82, 2.24) is 10.2 Å². The summed E-state index contributed by atoms with van der Waals surface area (Å²) in [5.41, 5.74) is 4.64. The third-order valence-electron chi connectivity index (χ3n) is 5.16. The fraction of sp³-hybridized carbons (Fsp3) is 0.192. The van der Waals surface area contributed by atoms with Gasteiger partial charge in [0.15, 0.2) is 0 Å². The molecule has 0 aliphatic carbocycles. The van der Waals surface area contributed by atoms with Gasteiger partial charge < -0.3 is 14.5 Å². The summed E-state index contributed by atoms with van der Waals surface area (Å²) >= 11 is 1.22. The highest BCUT2D eigenvalue weighted by atomic mass is 32.2. The number of para-hydroxylation sites is 2. The van der Waals surface area contributed by atoms with Gasteiger partial charge in [-0.25, -0.2) is 0 Å². The lowest BCUT2D eigenvalue weighted by molar-refractivity contribution is -0.115. The minimum Gasteiger partial charge on any atom is -0.492 e. The number of nitrogens with one attached hydrogen (secondary N) is 1. The average molecular weight is 460 g/mol. The molecule has 1 aromatic heterocycles. The van der Waals surface area contributed by atoms with Crippen LogP contribution in [0.25, 0.3) is 11.5 Å². The van der Waals surface area contributed by atoms with Crippen LogP contribution in [0, 0.1) is 13.8 Å². The van der Waals surface area contributed by atoms with Crippen LogP contribution in [-0.4, -0.2) is 22.7 Å². The van der Waals surface area contributed by atoms with Crippen LogP contribution < -0.4 is 10.1 Å². The maximum Gasteiger partial charge on any atom is 0.277 e. The number of amides is 1. The van der Waals surface area contributed by atoms with E-state index in [1.165, 1.54) is 17.3 Å². The van der Waals surface area contributed by atoms with Gasteiger partial charge in [-0.1, -0.05) is 48.5 Å². The van der Waals surface area contributed by atoms with Crippen LogP contribution in [0.1, 0.15) is 28.9 Å². The van der Waals surface area contributed by atoms with Crippen molar-refractivity contribution in [2.75, 3.05) is 11.9 Å². The number of nitrogens with zero attached hydrogens (tertiary/aromatic N) is 2. The largest absolute Gasteiger partial charge is 0.492 e. The van der Waals surface area contributed by atoms with E-state index in [1.54, 1.807) is 0 Å². The van der Waals surface area contributed by atoms with Gasteiger partial charge in [-0.3, -0.25) is 4.79 Å². The SMILES string of the molecule is CCOc1ccccc1NC(=O)[C@@H](Sc1nnc(-c2ccc(C)c(C)c2)o1)c1ccccc1. The minimum atomic E-state index is -0.589. The van der Waals surface area contributed by atoms with Gasteiger partial charge in [0.2, 0.25) is 11.8 Å². The van der Waals surface area contributed by atoms with Gasteiger partial charge in [0.1, 0.15) is 11.0 Å². The summed E-state index contributed by atoms with van der Waals surface area (Å²) in [6, 6.07) is 22.9. The molecule has 168 valence electrons. The zero-order chi connectivity index (χ0) is 23.2. The predicted octanol–water partition coefficient (Wildman–Crippen LogP) is 6.22. The molecule has 3 aromatic carbocycles. The Balaban J connectivity index is 1.59. The standard InChI is InChI=1S/C26H25N3O3S/c1-4-31-22-13-9-8-12-21(22)27-24(30)23(19-10-6-5-7-11-19)33-26-29-28-25(32-26)20-15-14-17(2)18(3)16-20/h5-16,23H,4H2,1-3H3,(H,27,30)/t23-/m0/s1. The fourth-order valence-corrected chi connectivity index (χ4v) is 4.18. The van der Waals surface area contributed by atoms with Crippen LogP contribution in [-0.2, 0) is 4.79 Å². The number of rotatable bonds is 8. The molecule has 1 N–H and O–H groups in total. The normalized spacial score (nSPS) is 11.7. The fourth-order valence-electron chi connectivity index (χ4n) is 3.30. The van der Waals surface area contributed by atoms with Gasteiger partial charge in [0.05, 0.1) is 12.3 Å². The predicted molar refractivity (Wildman–Crippen MR) is 130 cm³/mol. The number of carbonyl (C=O) groups is 1. The van der Waals surface area contributed by atoms with Gasteiger partial charge in [-0.05, 0) is 73.5 Å². The second kappa shape index (κ2) is 10.4. The second-order valence-electron chi connectivity index (χ2n) is 7.50. The molecular weight excluding hydrogens is 434 g/mol. The van der Waals surface area contributed by atoms with Crippen molar-refractivity contribution in [2.45, 2.75) is 31.2 Å². The summed E-state index contributed by atoms with van der Waals surface area (Å²) in [4.78, 5) is 13.4. The number of thioether (sulfide) groups is 1. The number of hydrogen-bond acceptors (Lipinski definition) is 6. The first-order valence-electron chi connectivity index (χ1n) is 10.7. The van der Waals surface area contributed by atoms with Crippen LogP contribution in [0.2, 0.25) is 0 Å². The summed E-state index contributed by atoms with van der Waals surface area (Å²) in [6.45, 7) is 6.51. The van der Waals surface area contributed by atoms with Gasteiger partial charge in [0.25, 0.3) is 5.22 Å². The Morgan fingerprint density at radius 1 is 1.00 bits per heavy atom. The van der Waals surface area contributed by atoms with E-state index in [0.717, 1.165) is 16.7 Å². The van der Waals surface area contributed by atoms with Gasteiger partial charge >= 0.3 is 0 Å². The highest BCUT2D eigenvalue weighted by molar-refractivity contribution is 8.00. The zero-order valence-corrected chi connectivity index (χ0v) is 19.6. The summed E-state index contributed by atoms with van der Waals surface area (Å²) in [5, 5.41) is 11.1. The van der Waals surface area contributed by atoms with E-state index < -0.39 is 5.25 Å². The van der Waals surface area contributed by atoms with Crippen molar-refractivity contribution >= 4 is 23.4 Å². The minimum absolute atomic E-state index is 0.204. The monoisotopic (exact) mass is 459 g/mol. The van der Waals surface area contributed by atoms with E-state index in [4.69, 9.17) is 9.15 Å². The van der Waals surface area contributed by atoms with E-state index in [2.05, 4.69) is 22.4 Å². The van der Waals surface area contributed by atoms with E-state index in [-0.39, 0.29) is 5.91 Å². The first kappa shape index (κ1) is 22.6. The van der Waals surface area contributed by atoms with Crippen LogP contribution >= 0.6 is 11.8 Å². The molecular formula is C26H25N3O3S. The number of benzene rings is 3. The molecule has 4 aromatic rings. The first-order chi connectivity index (χ1) is 16.0.